The molecule has 3 aromatic heterocycles. The van der Waals surface area contributed by atoms with Gasteiger partial charge in [0, 0.05) is 54.2 Å². The number of aromatic nitrogens is 4. The van der Waals surface area contributed by atoms with Crippen LogP contribution < -0.4 is 10.1 Å². The molecule has 0 radical (unpaired) electrons. The van der Waals surface area contributed by atoms with Gasteiger partial charge in [-0.2, -0.15) is 0 Å². The first-order valence-electron chi connectivity index (χ1n) is 10.8. The van der Waals surface area contributed by atoms with E-state index in [1.807, 2.05) is 19.1 Å². The minimum atomic E-state index is -0.285. The van der Waals surface area contributed by atoms with E-state index >= 15 is 0 Å². The number of halogens is 1. The maximum Gasteiger partial charge on any atom is 0.274 e. The number of aryl methyl sites for hydroxylation is 1. The lowest BCUT2D eigenvalue weighted by atomic mass is 10.0. The highest BCUT2D eigenvalue weighted by atomic mass is 19.1. The van der Waals surface area contributed by atoms with Crippen molar-refractivity contribution >= 4 is 17.4 Å². The second-order valence-electron chi connectivity index (χ2n) is 8.37. The Balaban J connectivity index is 1.47. The molecule has 8 nitrogen and oxygen atoms in total. The molecule has 2 aliphatic heterocycles. The fraction of sp³-hybridized carbons (Fsp3) is 0.250. The van der Waals surface area contributed by atoms with Crippen molar-refractivity contribution in [1.29, 1.82) is 0 Å². The van der Waals surface area contributed by atoms with Crippen molar-refractivity contribution in [3.63, 3.8) is 0 Å². The number of benzene rings is 1. The Morgan fingerprint density at radius 2 is 2.06 bits per heavy atom. The van der Waals surface area contributed by atoms with Gasteiger partial charge in [-0.3, -0.25) is 14.2 Å². The molecule has 9 heteroatoms. The topological polar surface area (TPSA) is 84.7 Å². The summed E-state index contributed by atoms with van der Waals surface area (Å²) in [5.74, 6) is 0.726. The minimum Gasteiger partial charge on any atom is -0.493 e. The third kappa shape index (κ3) is 3.03. The number of nitrogens with one attached hydrogen (secondary N) is 1. The number of ether oxygens (including phenoxy) is 1. The number of anilines is 1. The largest absolute Gasteiger partial charge is 0.493 e. The van der Waals surface area contributed by atoms with Gasteiger partial charge in [0.15, 0.2) is 5.69 Å². The second kappa shape index (κ2) is 7.26. The monoisotopic (exact) mass is 444 g/mol. The molecule has 0 saturated heterocycles. The number of hydrogen-bond donors (Lipinski definition) is 1. The van der Waals surface area contributed by atoms with E-state index in [0.717, 1.165) is 33.8 Å². The molecule has 4 aromatic rings. The first kappa shape index (κ1) is 19.7. The Morgan fingerprint density at radius 3 is 2.94 bits per heavy atom. The highest BCUT2D eigenvalue weighted by molar-refractivity contribution is 6.04. The molecule has 0 unspecified atom stereocenters. The standard InChI is InChI=1S/C24H21FN6O2/c1-13-3-4-14-17-10-27-24(26-9-16-15-7-8-33-20(15)6-5-18(16)25)31-12-28-21(22(17)31)23(32)30(2)11-19(14)29-13/h3-6,10,12H,7-9,11H2,1-2H3,(H,26,27). The van der Waals surface area contributed by atoms with Gasteiger partial charge in [-0.25, -0.2) is 14.4 Å². The molecule has 0 aliphatic carbocycles. The van der Waals surface area contributed by atoms with Gasteiger partial charge >= 0.3 is 0 Å². The van der Waals surface area contributed by atoms with Gasteiger partial charge in [0.05, 0.1) is 24.4 Å². The van der Waals surface area contributed by atoms with Gasteiger partial charge in [0.1, 0.15) is 17.9 Å². The van der Waals surface area contributed by atoms with Crippen molar-refractivity contribution in [3.05, 3.63) is 70.8 Å². The fourth-order valence-electron chi connectivity index (χ4n) is 4.63. The summed E-state index contributed by atoms with van der Waals surface area (Å²) in [7, 11) is 1.74. The molecule has 0 fully saturated rings. The summed E-state index contributed by atoms with van der Waals surface area (Å²) in [6, 6.07) is 7.05. The second-order valence-corrected chi connectivity index (χ2v) is 8.37. The number of fused-ring (bicyclic) bond motifs is 3. The average molecular weight is 444 g/mol. The maximum absolute atomic E-state index is 14.6. The van der Waals surface area contributed by atoms with E-state index in [-0.39, 0.29) is 18.3 Å². The van der Waals surface area contributed by atoms with Gasteiger partial charge in [-0.05, 0) is 25.1 Å². The summed E-state index contributed by atoms with van der Waals surface area (Å²) in [6.07, 6.45) is 3.98. The van der Waals surface area contributed by atoms with Gasteiger partial charge in [-0.15, -0.1) is 0 Å². The lowest BCUT2D eigenvalue weighted by Crippen LogP contribution is -2.28. The fourth-order valence-corrected chi connectivity index (χ4v) is 4.63. The third-order valence-electron chi connectivity index (χ3n) is 6.27. The first-order valence-corrected chi connectivity index (χ1v) is 10.8. The SMILES string of the molecule is Cc1ccc2c(n1)CN(C)C(=O)c1ncn3c(NCc4c(F)ccc5c4CCO5)ncc-2c13. The number of hydrogen-bond acceptors (Lipinski definition) is 6. The smallest absolute Gasteiger partial charge is 0.274 e. The van der Waals surface area contributed by atoms with Crippen molar-refractivity contribution < 1.29 is 13.9 Å². The number of rotatable bonds is 3. The highest BCUT2D eigenvalue weighted by Gasteiger charge is 2.27. The van der Waals surface area contributed by atoms with E-state index in [2.05, 4.69) is 20.3 Å². The number of nitrogens with zero attached hydrogens (tertiary/aromatic N) is 5. The Kier molecular flexibility index (Phi) is 4.33. The predicted octanol–water partition coefficient (Wildman–Crippen LogP) is 3.37. The Bertz CT molecular complexity index is 1450. The quantitative estimate of drug-likeness (QED) is 0.522. The van der Waals surface area contributed by atoms with E-state index in [1.54, 1.807) is 34.9 Å². The number of carbonyl (C=O) groups is 1. The number of carbonyl (C=O) groups excluding carboxylic acids is 1. The molecule has 1 N–H and O–H groups in total. The van der Waals surface area contributed by atoms with Crippen molar-refractivity contribution in [2.24, 2.45) is 0 Å². The van der Waals surface area contributed by atoms with Gasteiger partial charge < -0.3 is 15.0 Å². The van der Waals surface area contributed by atoms with Crippen LogP contribution in [-0.4, -0.2) is 43.8 Å². The first-order chi connectivity index (χ1) is 16.0. The predicted molar refractivity (Wildman–Crippen MR) is 120 cm³/mol. The summed E-state index contributed by atoms with van der Waals surface area (Å²) in [4.78, 5) is 28.4. The van der Waals surface area contributed by atoms with E-state index in [4.69, 9.17) is 4.74 Å². The summed E-state index contributed by atoms with van der Waals surface area (Å²) in [6.45, 7) is 3.10. The van der Waals surface area contributed by atoms with Crippen LogP contribution in [0.2, 0.25) is 0 Å². The van der Waals surface area contributed by atoms with Crippen LogP contribution in [0.4, 0.5) is 10.3 Å². The molecular weight excluding hydrogens is 423 g/mol. The van der Waals surface area contributed by atoms with E-state index in [9.17, 15) is 9.18 Å². The van der Waals surface area contributed by atoms with Crippen LogP contribution in [-0.2, 0) is 19.5 Å². The van der Waals surface area contributed by atoms with Crippen LogP contribution >= 0.6 is 0 Å². The van der Waals surface area contributed by atoms with Crippen LogP contribution in [0.3, 0.4) is 0 Å². The van der Waals surface area contributed by atoms with Crippen LogP contribution in [0.1, 0.15) is 33.0 Å². The van der Waals surface area contributed by atoms with Crippen LogP contribution in [0.5, 0.6) is 5.75 Å². The summed E-state index contributed by atoms with van der Waals surface area (Å²) >= 11 is 0. The van der Waals surface area contributed by atoms with Crippen LogP contribution in [0, 0.1) is 12.7 Å². The number of imidazole rings is 1. The van der Waals surface area contributed by atoms with E-state index < -0.39 is 0 Å². The maximum atomic E-state index is 14.6. The molecular formula is C24H21FN6O2. The Hall–Kier alpha value is -4.01. The van der Waals surface area contributed by atoms with Crippen molar-refractivity contribution in [2.45, 2.75) is 26.4 Å². The molecule has 0 atom stereocenters. The molecule has 1 amide bonds. The zero-order valence-electron chi connectivity index (χ0n) is 18.2. The molecule has 33 heavy (non-hydrogen) atoms. The molecule has 166 valence electrons. The van der Waals surface area contributed by atoms with E-state index in [1.165, 1.54) is 6.07 Å². The van der Waals surface area contributed by atoms with Gasteiger partial charge in [0.25, 0.3) is 5.91 Å². The Morgan fingerprint density at radius 1 is 1.18 bits per heavy atom. The molecule has 0 saturated carbocycles. The van der Waals surface area contributed by atoms with Crippen molar-refractivity contribution in [1.82, 2.24) is 24.3 Å². The zero-order valence-corrected chi connectivity index (χ0v) is 18.2. The van der Waals surface area contributed by atoms with Crippen LogP contribution in [0.25, 0.3) is 16.6 Å². The summed E-state index contributed by atoms with van der Waals surface area (Å²) < 4.78 is 21.9. The van der Waals surface area contributed by atoms with Gasteiger partial charge in [-0.1, -0.05) is 6.07 Å². The van der Waals surface area contributed by atoms with E-state index in [0.29, 0.717) is 42.3 Å². The molecule has 5 heterocycles. The lowest BCUT2D eigenvalue weighted by molar-refractivity contribution is 0.0780. The van der Waals surface area contributed by atoms with Crippen LogP contribution in [0.15, 0.2) is 36.8 Å². The molecule has 0 spiro atoms. The van der Waals surface area contributed by atoms with Crippen molar-refractivity contribution in [3.8, 4) is 16.9 Å². The molecule has 2 aliphatic rings. The summed E-state index contributed by atoms with van der Waals surface area (Å²) in [5, 5.41) is 3.23. The summed E-state index contributed by atoms with van der Waals surface area (Å²) in [5.41, 5.74) is 5.83. The average Bonchev–Trinajstić information content (AvgIpc) is 3.45. The Labute approximate surface area is 189 Å². The number of pyridine rings is 1. The molecule has 1 aromatic carbocycles. The van der Waals surface area contributed by atoms with Crippen molar-refractivity contribution in [2.75, 3.05) is 19.0 Å². The normalized spacial score (nSPS) is 14.5. The number of amides is 1. The minimum absolute atomic E-state index is 0.186. The lowest BCUT2D eigenvalue weighted by Gasteiger charge is -2.22. The highest BCUT2D eigenvalue weighted by Crippen LogP contribution is 2.34. The molecule has 6 rings (SSSR count). The van der Waals surface area contributed by atoms with Gasteiger partial charge in [0.2, 0.25) is 5.95 Å². The zero-order chi connectivity index (χ0) is 22.7. The third-order valence-corrected chi connectivity index (χ3v) is 6.27. The molecule has 0 bridgehead atoms.